The number of anilines is 3. The normalized spacial score (nSPS) is 15.4. The summed E-state index contributed by atoms with van der Waals surface area (Å²) in [5.41, 5.74) is 18.5. The van der Waals surface area contributed by atoms with Crippen LogP contribution in [0.1, 0.15) is 27.0 Å². The first-order chi connectivity index (χ1) is 13.3. The first-order valence-corrected chi connectivity index (χ1v) is 8.39. The third-order valence-electron chi connectivity index (χ3n) is 5.18. The summed E-state index contributed by atoms with van der Waals surface area (Å²) in [5, 5.41) is 19.8. The molecular weight excluding hydrogens is 362 g/mol. The van der Waals surface area contributed by atoms with Crippen LogP contribution in [0.15, 0.2) is 42.5 Å². The van der Waals surface area contributed by atoms with Crippen LogP contribution in [0.4, 0.5) is 17.1 Å². The Bertz CT molecular complexity index is 1150. The lowest BCUT2D eigenvalue weighted by molar-refractivity contribution is 0.0224. The van der Waals surface area contributed by atoms with Crippen molar-refractivity contribution < 1.29 is 24.5 Å². The van der Waals surface area contributed by atoms with E-state index in [0.29, 0.717) is 16.7 Å². The lowest BCUT2D eigenvalue weighted by Gasteiger charge is -2.36. The number of phenols is 2. The van der Waals surface area contributed by atoms with Crippen molar-refractivity contribution in [3.63, 3.8) is 0 Å². The number of rotatable bonds is 0. The number of esters is 1. The molecule has 0 amide bonds. The maximum Gasteiger partial charge on any atom is 0.342 e. The van der Waals surface area contributed by atoms with Crippen LogP contribution in [-0.4, -0.2) is 16.2 Å². The van der Waals surface area contributed by atoms with Crippen molar-refractivity contribution in [1.82, 2.24) is 0 Å². The van der Waals surface area contributed by atoms with E-state index in [9.17, 15) is 15.0 Å². The fourth-order valence-electron chi connectivity index (χ4n) is 3.92. The van der Waals surface area contributed by atoms with Crippen molar-refractivity contribution in [1.29, 1.82) is 0 Å². The summed E-state index contributed by atoms with van der Waals surface area (Å²) in [6.07, 6.45) is 0. The average molecular weight is 377 g/mol. The molecule has 3 aromatic rings. The Morgan fingerprint density at radius 3 is 1.93 bits per heavy atom. The molecule has 2 heterocycles. The fraction of sp³-hybridized carbons (Fsp3) is 0.0500. The van der Waals surface area contributed by atoms with Crippen molar-refractivity contribution in [2.45, 2.75) is 5.60 Å². The van der Waals surface area contributed by atoms with Gasteiger partial charge < -0.3 is 36.9 Å². The fourth-order valence-corrected chi connectivity index (χ4v) is 3.92. The number of carbonyl (C=O) groups is 1. The van der Waals surface area contributed by atoms with Crippen molar-refractivity contribution in [3.05, 3.63) is 64.7 Å². The van der Waals surface area contributed by atoms with Crippen LogP contribution in [-0.2, 0) is 10.3 Å². The van der Waals surface area contributed by atoms with E-state index >= 15 is 0 Å². The second kappa shape index (κ2) is 5.01. The van der Waals surface area contributed by atoms with E-state index in [4.69, 9.17) is 26.7 Å². The molecule has 5 rings (SSSR count). The number of carbonyl (C=O) groups excluding carboxylic acids is 1. The molecule has 1 spiro atoms. The molecular formula is C20H15N3O5. The summed E-state index contributed by atoms with van der Waals surface area (Å²) in [7, 11) is 0. The quantitative estimate of drug-likeness (QED) is 0.295. The van der Waals surface area contributed by atoms with E-state index in [1.165, 1.54) is 24.3 Å². The molecule has 140 valence electrons. The highest BCUT2D eigenvalue weighted by Crippen LogP contribution is 2.58. The van der Waals surface area contributed by atoms with Gasteiger partial charge in [0.25, 0.3) is 0 Å². The van der Waals surface area contributed by atoms with Crippen molar-refractivity contribution in [2.75, 3.05) is 17.2 Å². The third kappa shape index (κ3) is 1.81. The molecule has 8 nitrogen and oxygen atoms in total. The van der Waals surface area contributed by atoms with Crippen LogP contribution in [0.3, 0.4) is 0 Å². The van der Waals surface area contributed by atoms with E-state index in [0.717, 1.165) is 0 Å². The Hall–Kier alpha value is -4.07. The Labute approximate surface area is 158 Å². The van der Waals surface area contributed by atoms with Crippen LogP contribution in [0.25, 0.3) is 0 Å². The number of nitrogens with two attached hydrogens (primary N) is 3. The van der Waals surface area contributed by atoms with Gasteiger partial charge in [0.05, 0.1) is 22.6 Å². The summed E-state index contributed by atoms with van der Waals surface area (Å²) in [6, 6.07) is 10.5. The minimum atomic E-state index is -1.41. The summed E-state index contributed by atoms with van der Waals surface area (Å²) in [5.74, 6) is -0.170. The zero-order valence-electron chi connectivity index (χ0n) is 14.4. The molecule has 0 atom stereocenters. The summed E-state index contributed by atoms with van der Waals surface area (Å²) in [4.78, 5) is 12.8. The molecule has 0 saturated heterocycles. The van der Waals surface area contributed by atoms with Crippen LogP contribution in [0.5, 0.6) is 23.0 Å². The van der Waals surface area contributed by atoms with Gasteiger partial charge in [-0.05, 0) is 30.3 Å². The van der Waals surface area contributed by atoms with E-state index < -0.39 is 11.6 Å². The van der Waals surface area contributed by atoms with Gasteiger partial charge in [-0.3, -0.25) is 0 Å². The average Bonchev–Trinajstić information content (AvgIpc) is 2.92. The summed E-state index contributed by atoms with van der Waals surface area (Å²) in [6.45, 7) is 0. The predicted molar refractivity (Wildman–Crippen MR) is 101 cm³/mol. The molecule has 0 aromatic heterocycles. The number of hydrogen-bond acceptors (Lipinski definition) is 8. The van der Waals surface area contributed by atoms with E-state index in [1.807, 2.05) is 0 Å². The first-order valence-electron chi connectivity index (χ1n) is 8.39. The molecule has 28 heavy (non-hydrogen) atoms. The van der Waals surface area contributed by atoms with Crippen molar-refractivity contribution >= 4 is 23.0 Å². The third-order valence-corrected chi connectivity index (χ3v) is 5.18. The van der Waals surface area contributed by atoms with Crippen LogP contribution in [0.2, 0.25) is 0 Å². The highest BCUT2D eigenvalue weighted by molar-refractivity contribution is 6.06. The van der Waals surface area contributed by atoms with Gasteiger partial charge >= 0.3 is 5.97 Å². The summed E-state index contributed by atoms with van der Waals surface area (Å²) < 4.78 is 11.8. The molecule has 0 bridgehead atoms. The Morgan fingerprint density at radius 2 is 1.36 bits per heavy atom. The number of aromatic hydroxyl groups is 2. The Balaban J connectivity index is 1.94. The Morgan fingerprint density at radius 1 is 0.786 bits per heavy atom. The van der Waals surface area contributed by atoms with Crippen LogP contribution >= 0.6 is 0 Å². The molecule has 0 aliphatic carbocycles. The van der Waals surface area contributed by atoms with Gasteiger partial charge in [0.2, 0.25) is 0 Å². The molecule has 0 radical (unpaired) electrons. The highest BCUT2D eigenvalue weighted by atomic mass is 16.6. The van der Waals surface area contributed by atoms with Crippen LogP contribution in [0, 0.1) is 0 Å². The van der Waals surface area contributed by atoms with Crippen LogP contribution < -0.4 is 21.9 Å². The minimum absolute atomic E-state index is 0.0293. The maximum absolute atomic E-state index is 12.8. The minimum Gasteiger partial charge on any atom is -0.508 e. The van der Waals surface area contributed by atoms with E-state index in [1.54, 1.807) is 18.2 Å². The zero-order chi connectivity index (χ0) is 19.8. The molecule has 0 fully saturated rings. The van der Waals surface area contributed by atoms with Gasteiger partial charge in [0.1, 0.15) is 23.0 Å². The molecule has 8 heteroatoms. The molecule has 3 aromatic carbocycles. The first kappa shape index (κ1) is 16.1. The zero-order valence-corrected chi connectivity index (χ0v) is 14.4. The summed E-state index contributed by atoms with van der Waals surface area (Å²) >= 11 is 0. The van der Waals surface area contributed by atoms with E-state index in [-0.39, 0.29) is 45.6 Å². The SMILES string of the molecule is Nc1cc2c(c(N)c1N)C(=O)OC21c2ccc(O)cc2Oc2cc(O)ccc21. The smallest absolute Gasteiger partial charge is 0.342 e. The van der Waals surface area contributed by atoms with Gasteiger partial charge in [0.15, 0.2) is 5.60 Å². The number of benzene rings is 3. The van der Waals surface area contributed by atoms with Gasteiger partial charge in [-0.15, -0.1) is 0 Å². The number of nitrogen functional groups attached to an aromatic ring is 3. The number of fused-ring (bicyclic) bond motifs is 6. The number of hydrogen-bond donors (Lipinski definition) is 5. The standard InChI is InChI=1S/C20H15N3O5/c21-13-7-12-16(18(23)17(13)22)19(26)28-20(12)10-3-1-8(24)5-14(10)27-15-6-9(25)2-4-11(15)20/h1-7,24-25H,21-23H2. The molecule has 8 N–H and O–H groups in total. The largest absolute Gasteiger partial charge is 0.508 e. The van der Waals surface area contributed by atoms with Crippen molar-refractivity contribution in [2.24, 2.45) is 0 Å². The number of phenolic OH excluding ortho intramolecular Hbond substituents is 2. The lowest BCUT2D eigenvalue weighted by Crippen LogP contribution is -2.33. The maximum atomic E-state index is 12.8. The molecule has 2 aliphatic rings. The molecule has 2 aliphatic heterocycles. The second-order valence-corrected chi connectivity index (χ2v) is 6.75. The second-order valence-electron chi connectivity index (χ2n) is 6.75. The molecule has 0 saturated carbocycles. The van der Waals surface area contributed by atoms with Gasteiger partial charge in [-0.25, -0.2) is 4.79 Å². The number of ether oxygens (including phenoxy) is 2. The van der Waals surface area contributed by atoms with Crippen molar-refractivity contribution in [3.8, 4) is 23.0 Å². The van der Waals surface area contributed by atoms with Gasteiger partial charge in [0, 0.05) is 28.8 Å². The van der Waals surface area contributed by atoms with Gasteiger partial charge in [-0.2, -0.15) is 0 Å². The Kier molecular flexibility index (Phi) is 2.88. The lowest BCUT2D eigenvalue weighted by atomic mass is 9.77. The molecule has 0 unspecified atom stereocenters. The van der Waals surface area contributed by atoms with E-state index in [2.05, 4.69) is 0 Å². The topological polar surface area (TPSA) is 154 Å². The van der Waals surface area contributed by atoms with Gasteiger partial charge in [-0.1, -0.05) is 0 Å². The highest BCUT2D eigenvalue weighted by Gasteiger charge is 2.54. The predicted octanol–water partition coefficient (Wildman–Crippen LogP) is 2.41. The monoisotopic (exact) mass is 377 g/mol.